The first-order valence-electron chi connectivity index (χ1n) is 13.5. The number of imidazole rings is 1. The molecule has 0 saturated carbocycles. The van der Waals surface area contributed by atoms with Gasteiger partial charge >= 0.3 is 0 Å². The fraction of sp³-hybridized carbons (Fsp3) is 0.0541. The van der Waals surface area contributed by atoms with Crippen molar-refractivity contribution in [2.45, 2.75) is 13.8 Å². The van der Waals surface area contributed by atoms with Gasteiger partial charge in [0.15, 0.2) is 0 Å². The molecule has 5 aromatic carbocycles. The van der Waals surface area contributed by atoms with Crippen molar-refractivity contribution < 1.29 is 0 Å². The van der Waals surface area contributed by atoms with Gasteiger partial charge in [-0.3, -0.25) is 4.57 Å². The molecule has 7 rings (SSSR count). The molecule has 0 atom stereocenters. The van der Waals surface area contributed by atoms with E-state index < -0.39 is 0 Å². The van der Waals surface area contributed by atoms with Crippen molar-refractivity contribution in [2.75, 3.05) is 0 Å². The number of fused-ring (bicyclic) bond motifs is 2. The van der Waals surface area contributed by atoms with Crippen LogP contribution in [0.4, 0.5) is 0 Å². The van der Waals surface area contributed by atoms with Gasteiger partial charge < -0.3 is 0 Å². The fourth-order valence-electron chi connectivity index (χ4n) is 5.60. The number of thiophene rings is 1. The summed E-state index contributed by atoms with van der Waals surface area (Å²) < 4.78 is 3.63. The van der Waals surface area contributed by atoms with Crippen molar-refractivity contribution in [3.8, 4) is 39.3 Å². The van der Waals surface area contributed by atoms with Crippen LogP contribution in [0.25, 0.3) is 66.0 Å². The molecule has 0 aliphatic rings. The molecule has 7 aromatic rings. The molecule has 0 fully saturated rings. The lowest BCUT2D eigenvalue weighted by atomic mass is 9.93. The third-order valence-corrected chi connectivity index (χ3v) is 8.48. The number of hydrogen-bond acceptors (Lipinski definition) is 2. The Bertz CT molecular complexity index is 1970. The van der Waals surface area contributed by atoms with Crippen LogP contribution in [-0.2, 0) is 0 Å². The first kappa shape index (κ1) is 24.3. The number of rotatable bonds is 5. The highest BCUT2D eigenvalue weighted by atomic mass is 32.1. The molecule has 2 aromatic heterocycles. The van der Waals surface area contributed by atoms with Gasteiger partial charge in [-0.05, 0) is 72.5 Å². The van der Waals surface area contributed by atoms with Gasteiger partial charge in [0, 0.05) is 32.2 Å². The van der Waals surface area contributed by atoms with E-state index in [1.54, 1.807) is 11.3 Å². The van der Waals surface area contributed by atoms with Gasteiger partial charge in [0.05, 0.1) is 16.7 Å². The molecule has 3 heteroatoms. The SMILES string of the molecule is C=C(C)c1ccc2scc(-c3nc4ccccc4n3-c3c(-c4ccccc4)cc(C)cc3-c3ccccc3)c2c1. The molecule has 0 saturated heterocycles. The van der Waals surface area contributed by atoms with Gasteiger partial charge in [0.1, 0.15) is 5.82 Å². The number of aromatic nitrogens is 2. The van der Waals surface area contributed by atoms with E-state index in [4.69, 9.17) is 4.98 Å². The van der Waals surface area contributed by atoms with Crippen LogP contribution in [0.2, 0.25) is 0 Å². The molecule has 0 bridgehead atoms. The number of para-hydroxylation sites is 2. The van der Waals surface area contributed by atoms with E-state index in [0.29, 0.717) is 0 Å². The third-order valence-electron chi connectivity index (χ3n) is 7.52. The molecular formula is C37H28N2S. The van der Waals surface area contributed by atoms with Crippen molar-refractivity contribution in [2.24, 2.45) is 0 Å². The Morgan fingerprint density at radius 1 is 0.725 bits per heavy atom. The van der Waals surface area contributed by atoms with E-state index in [2.05, 4.69) is 146 Å². The molecule has 0 N–H and O–H groups in total. The van der Waals surface area contributed by atoms with Crippen LogP contribution in [0, 0.1) is 6.92 Å². The Kier molecular flexibility index (Phi) is 5.95. The second-order valence-electron chi connectivity index (χ2n) is 10.3. The largest absolute Gasteiger partial charge is 0.291 e. The van der Waals surface area contributed by atoms with Crippen molar-refractivity contribution in [3.63, 3.8) is 0 Å². The summed E-state index contributed by atoms with van der Waals surface area (Å²) in [6.45, 7) is 8.44. The number of benzene rings is 5. The second kappa shape index (κ2) is 9.78. The van der Waals surface area contributed by atoms with Crippen LogP contribution in [-0.4, -0.2) is 9.55 Å². The summed E-state index contributed by atoms with van der Waals surface area (Å²) in [4.78, 5) is 5.30. The van der Waals surface area contributed by atoms with Gasteiger partial charge in [0.25, 0.3) is 0 Å². The average Bonchev–Trinajstić information content (AvgIpc) is 3.58. The minimum absolute atomic E-state index is 0.949. The Hall–Kier alpha value is -4.73. The van der Waals surface area contributed by atoms with Crippen LogP contribution in [0.3, 0.4) is 0 Å². The molecular weight excluding hydrogens is 504 g/mol. The van der Waals surface area contributed by atoms with Gasteiger partial charge in [-0.1, -0.05) is 91.0 Å². The summed E-state index contributed by atoms with van der Waals surface area (Å²) in [5, 5.41) is 3.46. The lowest BCUT2D eigenvalue weighted by Crippen LogP contribution is -2.03. The van der Waals surface area contributed by atoms with E-state index in [1.807, 2.05) is 0 Å². The van der Waals surface area contributed by atoms with Crippen LogP contribution < -0.4 is 0 Å². The fourth-order valence-corrected chi connectivity index (χ4v) is 6.52. The van der Waals surface area contributed by atoms with Crippen LogP contribution in [0.15, 0.2) is 127 Å². The maximum atomic E-state index is 5.30. The van der Waals surface area contributed by atoms with Gasteiger partial charge in [0.2, 0.25) is 0 Å². The van der Waals surface area contributed by atoms with E-state index in [9.17, 15) is 0 Å². The lowest BCUT2D eigenvalue weighted by Gasteiger charge is -2.20. The molecule has 2 heterocycles. The smallest absolute Gasteiger partial charge is 0.147 e. The van der Waals surface area contributed by atoms with E-state index >= 15 is 0 Å². The summed E-state index contributed by atoms with van der Waals surface area (Å²) in [6, 6.07) is 41.1. The number of hydrogen-bond donors (Lipinski definition) is 0. The van der Waals surface area contributed by atoms with E-state index in [0.717, 1.165) is 39.2 Å². The maximum Gasteiger partial charge on any atom is 0.147 e. The second-order valence-corrected chi connectivity index (χ2v) is 11.3. The first-order valence-corrected chi connectivity index (χ1v) is 14.4. The molecule has 0 radical (unpaired) electrons. The van der Waals surface area contributed by atoms with E-state index in [-0.39, 0.29) is 0 Å². The summed E-state index contributed by atoms with van der Waals surface area (Å²) >= 11 is 1.76. The van der Waals surface area contributed by atoms with Crippen LogP contribution >= 0.6 is 11.3 Å². The van der Waals surface area contributed by atoms with Gasteiger partial charge in [-0.25, -0.2) is 4.98 Å². The normalized spacial score (nSPS) is 11.3. The average molecular weight is 533 g/mol. The summed E-state index contributed by atoms with van der Waals surface area (Å²) in [5.41, 5.74) is 12.5. The summed E-state index contributed by atoms with van der Waals surface area (Å²) in [6.07, 6.45) is 0. The molecule has 2 nitrogen and oxygen atoms in total. The first-order chi connectivity index (χ1) is 19.6. The number of allylic oxidation sites excluding steroid dienone is 1. The molecule has 0 aliphatic heterocycles. The Morgan fingerprint density at radius 3 is 2.00 bits per heavy atom. The molecule has 0 amide bonds. The highest BCUT2D eigenvalue weighted by Gasteiger charge is 2.23. The monoisotopic (exact) mass is 532 g/mol. The van der Waals surface area contributed by atoms with Crippen LogP contribution in [0.5, 0.6) is 0 Å². The minimum atomic E-state index is 0.949. The zero-order valence-corrected chi connectivity index (χ0v) is 23.4. The van der Waals surface area contributed by atoms with Crippen LogP contribution in [0.1, 0.15) is 18.1 Å². The third kappa shape index (κ3) is 4.07. The highest BCUT2D eigenvalue weighted by molar-refractivity contribution is 7.17. The Morgan fingerprint density at radius 2 is 1.35 bits per heavy atom. The van der Waals surface area contributed by atoms with E-state index in [1.165, 1.54) is 37.9 Å². The maximum absolute atomic E-state index is 5.30. The molecule has 0 spiro atoms. The molecule has 0 unspecified atom stereocenters. The Labute approximate surface area is 238 Å². The predicted molar refractivity (Wildman–Crippen MR) is 172 cm³/mol. The summed E-state index contributed by atoms with van der Waals surface area (Å²) in [5.74, 6) is 0.949. The standard InChI is InChI=1S/C37H28N2S/c1-24(2)28-18-19-35-31(22-28)32(23-40-35)37-38-33-16-10-11-17-34(33)39(37)36-29(26-12-6-4-7-13-26)20-25(3)21-30(36)27-14-8-5-9-15-27/h4-23H,1H2,2-3H3. The predicted octanol–water partition coefficient (Wildman–Crippen LogP) is 10.6. The van der Waals surface area contributed by atoms with Crippen molar-refractivity contribution in [1.82, 2.24) is 9.55 Å². The highest BCUT2D eigenvalue weighted by Crippen LogP contribution is 2.43. The lowest BCUT2D eigenvalue weighted by molar-refractivity contribution is 1.11. The zero-order chi connectivity index (χ0) is 27.2. The van der Waals surface area contributed by atoms with Crippen molar-refractivity contribution in [3.05, 3.63) is 138 Å². The number of nitrogens with zero attached hydrogens (tertiary/aromatic N) is 2. The Balaban J connectivity index is 1.63. The van der Waals surface area contributed by atoms with Gasteiger partial charge in [-0.2, -0.15) is 0 Å². The summed E-state index contributed by atoms with van der Waals surface area (Å²) in [7, 11) is 0. The van der Waals surface area contributed by atoms with Gasteiger partial charge in [-0.15, -0.1) is 11.3 Å². The molecule has 0 aliphatic carbocycles. The van der Waals surface area contributed by atoms with Crippen molar-refractivity contribution in [1.29, 1.82) is 0 Å². The van der Waals surface area contributed by atoms with Crippen molar-refractivity contribution >= 4 is 38.0 Å². The zero-order valence-electron chi connectivity index (χ0n) is 22.6. The topological polar surface area (TPSA) is 17.8 Å². The molecule has 40 heavy (non-hydrogen) atoms. The quantitative estimate of drug-likeness (QED) is 0.216. The molecule has 192 valence electrons. The number of aryl methyl sites for hydroxylation is 1. The minimum Gasteiger partial charge on any atom is -0.291 e.